The summed E-state index contributed by atoms with van der Waals surface area (Å²) >= 11 is 1.22. The van der Waals surface area contributed by atoms with Gasteiger partial charge in [-0.05, 0) is 49.2 Å². The Hall–Kier alpha value is -2.21. The van der Waals surface area contributed by atoms with Gasteiger partial charge in [-0.2, -0.15) is 0 Å². The molecule has 6 heteroatoms. The molecule has 0 spiro atoms. The van der Waals surface area contributed by atoms with Gasteiger partial charge in [0.05, 0.1) is 11.5 Å². The number of anilines is 1. The van der Waals surface area contributed by atoms with Crippen molar-refractivity contribution in [1.82, 2.24) is 0 Å². The molecule has 0 saturated carbocycles. The van der Waals surface area contributed by atoms with Gasteiger partial charge in [-0.25, -0.2) is 0 Å². The van der Waals surface area contributed by atoms with Crippen molar-refractivity contribution in [3.05, 3.63) is 58.6 Å². The van der Waals surface area contributed by atoms with Gasteiger partial charge in [-0.3, -0.25) is 10.1 Å². The zero-order valence-electron chi connectivity index (χ0n) is 10.9. The van der Waals surface area contributed by atoms with Crippen LogP contribution in [0.5, 0.6) is 5.75 Å². The van der Waals surface area contributed by atoms with Crippen molar-refractivity contribution in [2.45, 2.75) is 11.8 Å². The van der Waals surface area contributed by atoms with Gasteiger partial charge in [0.2, 0.25) is 0 Å². The Labute approximate surface area is 121 Å². The predicted octanol–water partition coefficient (Wildman–Crippen LogP) is 4.11. The van der Waals surface area contributed by atoms with Gasteiger partial charge >= 0.3 is 0 Å². The second-order valence-electron chi connectivity index (χ2n) is 3.89. The van der Waals surface area contributed by atoms with Crippen LogP contribution in [0.3, 0.4) is 0 Å². The van der Waals surface area contributed by atoms with Gasteiger partial charge in [-0.1, -0.05) is 12.1 Å². The van der Waals surface area contributed by atoms with E-state index in [-0.39, 0.29) is 10.6 Å². The lowest BCUT2D eigenvalue weighted by atomic mass is 10.3. The highest BCUT2D eigenvalue weighted by Gasteiger charge is 2.12. The fraction of sp³-hybridized carbons (Fsp3) is 0.143. The van der Waals surface area contributed by atoms with Gasteiger partial charge in [0, 0.05) is 11.8 Å². The van der Waals surface area contributed by atoms with Crippen LogP contribution in [0, 0.1) is 10.1 Å². The summed E-state index contributed by atoms with van der Waals surface area (Å²) in [5.41, 5.74) is 0.951. The molecule has 2 aromatic rings. The number of nitrogens with zero attached hydrogens (tertiary/aromatic N) is 1. The standard InChI is InChI=1S/C14H14N2O3S/c1-2-19-12-9-7-11(8-10-12)15-20-14-6-4-3-5-13(14)16(17)18/h3-10,15H,2H2,1H3. The molecule has 5 nitrogen and oxygen atoms in total. The molecule has 0 atom stereocenters. The lowest BCUT2D eigenvalue weighted by Crippen LogP contribution is -1.94. The molecule has 0 aromatic heterocycles. The Bertz CT molecular complexity index is 587. The third kappa shape index (κ3) is 3.64. The van der Waals surface area contributed by atoms with Crippen LogP contribution in [0.1, 0.15) is 6.92 Å². The molecule has 0 fully saturated rings. The van der Waals surface area contributed by atoms with Crippen LogP contribution >= 0.6 is 11.9 Å². The van der Waals surface area contributed by atoms with Crippen molar-refractivity contribution >= 4 is 23.3 Å². The molecular formula is C14H14N2O3S. The summed E-state index contributed by atoms with van der Waals surface area (Å²) < 4.78 is 8.43. The van der Waals surface area contributed by atoms with Crippen LogP contribution < -0.4 is 9.46 Å². The zero-order valence-corrected chi connectivity index (χ0v) is 11.7. The van der Waals surface area contributed by atoms with Crippen molar-refractivity contribution in [1.29, 1.82) is 0 Å². The van der Waals surface area contributed by atoms with Crippen molar-refractivity contribution in [3.63, 3.8) is 0 Å². The number of nitro groups is 1. The van der Waals surface area contributed by atoms with Crippen LogP contribution in [0.4, 0.5) is 11.4 Å². The van der Waals surface area contributed by atoms with Crippen LogP contribution in [0.2, 0.25) is 0 Å². The second-order valence-corrected chi connectivity index (χ2v) is 4.73. The van der Waals surface area contributed by atoms with E-state index < -0.39 is 0 Å². The molecule has 0 saturated heterocycles. The Morgan fingerprint density at radius 3 is 2.55 bits per heavy atom. The van der Waals surface area contributed by atoms with Crippen molar-refractivity contribution in [2.75, 3.05) is 11.3 Å². The van der Waals surface area contributed by atoms with Crippen LogP contribution in [-0.2, 0) is 0 Å². The van der Waals surface area contributed by atoms with E-state index in [9.17, 15) is 10.1 Å². The molecule has 0 amide bonds. The van der Waals surface area contributed by atoms with Crippen LogP contribution in [0.15, 0.2) is 53.4 Å². The molecule has 20 heavy (non-hydrogen) atoms. The Morgan fingerprint density at radius 2 is 1.90 bits per heavy atom. The average Bonchev–Trinajstić information content (AvgIpc) is 2.47. The van der Waals surface area contributed by atoms with Gasteiger partial charge in [0.25, 0.3) is 5.69 Å². The predicted molar refractivity (Wildman–Crippen MR) is 80.2 cm³/mol. The van der Waals surface area contributed by atoms with Crippen molar-refractivity contribution < 1.29 is 9.66 Å². The van der Waals surface area contributed by atoms with E-state index in [2.05, 4.69) is 4.72 Å². The zero-order chi connectivity index (χ0) is 14.4. The SMILES string of the molecule is CCOc1ccc(NSc2ccccc2[N+](=O)[O-])cc1. The third-order valence-electron chi connectivity index (χ3n) is 2.51. The van der Waals surface area contributed by atoms with E-state index >= 15 is 0 Å². The fourth-order valence-electron chi connectivity index (χ4n) is 1.59. The molecule has 0 aliphatic heterocycles. The summed E-state index contributed by atoms with van der Waals surface area (Å²) in [6.45, 7) is 2.55. The molecular weight excluding hydrogens is 276 g/mol. The highest BCUT2D eigenvalue weighted by Crippen LogP contribution is 2.29. The molecule has 0 unspecified atom stereocenters. The summed E-state index contributed by atoms with van der Waals surface area (Å²) in [5, 5.41) is 10.9. The number of nitrogens with one attached hydrogen (secondary N) is 1. The minimum atomic E-state index is -0.387. The lowest BCUT2D eigenvalue weighted by Gasteiger charge is -2.07. The van der Waals surface area contributed by atoms with Crippen LogP contribution in [-0.4, -0.2) is 11.5 Å². The molecule has 104 valence electrons. The molecule has 0 bridgehead atoms. The molecule has 2 rings (SSSR count). The average molecular weight is 290 g/mol. The van der Waals surface area contributed by atoms with E-state index in [1.165, 1.54) is 18.0 Å². The minimum Gasteiger partial charge on any atom is -0.494 e. The monoisotopic (exact) mass is 290 g/mol. The number of rotatable bonds is 6. The fourth-order valence-corrected chi connectivity index (χ4v) is 2.35. The van der Waals surface area contributed by atoms with E-state index in [1.807, 2.05) is 31.2 Å². The lowest BCUT2D eigenvalue weighted by molar-refractivity contribution is -0.387. The maximum atomic E-state index is 10.9. The van der Waals surface area contributed by atoms with Crippen LogP contribution in [0.25, 0.3) is 0 Å². The van der Waals surface area contributed by atoms with Gasteiger partial charge in [0.15, 0.2) is 0 Å². The number of benzene rings is 2. The number of ether oxygens (including phenoxy) is 1. The van der Waals surface area contributed by atoms with Gasteiger partial charge in [0.1, 0.15) is 10.6 Å². The molecule has 0 radical (unpaired) electrons. The highest BCUT2D eigenvalue weighted by molar-refractivity contribution is 8.00. The molecule has 1 N–H and O–H groups in total. The number of nitro benzene ring substituents is 1. The first-order valence-corrected chi connectivity index (χ1v) is 6.91. The van der Waals surface area contributed by atoms with Crippen molar-refractivity contribution in [3.8, 4) is 5.75 Å². The first-order valence-electron chi connectivity index (χ1n) is 6.10. The first kappa shape index (κ1) is 14.2. The van der Waals surface area contributed by atoms with E-state index in [4.69, 9.17) is 4.74 Å². The van der Waals surface area contributed by atoms with E-state index in [0.29, 0.717) is 11.5 Å². The normalized spacial score (nSPS) is 10.1. The summed E-state index contributed by atoms with van der Waals surface area (Å²) in [5.74, 6) is 0.800. The van der Waals surface area contributed by atoms with Crippen molar-refractivity contribution in [2.24, 2.45) is 0 Å². The summed E-state index contributed by atoms with van der Waals surface area (Å²) in [6, 6.07) is 14.1. The summed E-state index contributed by atoms with van der Waals surface area (Å²) in [4.78, 5) is 11.1. The third-order valence-corrected chi connectivity index (χ3v) is 3.41. The first-order chi connectivity index (χ1) is 9.70. The summed E-state index contributed by atoms with van der Waals surface area (Å²) in [7, 11) is 0. The second kappa shape index (κ2) is 6.81. The smallest absolute Gasteiger partial charge is 0.284 e. The number of hydrogen-bond acceptors (Lipinski definition) is 5. The van der Waals surface area contributed by atoms with E-state index in [0.717, 1.165) is 11.4 Å². The molecule has 0 aliphatic rings. The summed E-state index contributed by atoms with van der Waals surface area (Å²) in [6.07, 6.45) is 0. The molecule has 0 aliphatic carbocycles. The Balaban J connectivity index is 2.03. The number of hydrogen-bond donors (Lipinski definition) is 1. The maximum absolute atomic E-state index is 10.9. The quantitative estimate of drug-likeness (QED) is 0.492. The Kier molecular flexibility index (Phi) is 4.84. The Morgan fingerprint density at radius 1 is 1.20 bits per heavy atom. The van der Waals surface area contributed by atoms with Gasteiger partial charge < -0.3 is 9.46 Å². The molecule has 0 heterocycles. The topological polar surface area (TPSA) is 64.4 Å². The number of para-hydroxylation sites is 1. The maximum Gasteiger partial charge on any atom is 0.284 e. The van der Waals surface area contributed by atoms with Gasteiger partial charge in [-0.15, -0.1) is 0 Å². The minimum absolute atomic E-state index is 0.0935. The van der Waals surface area contributed by atoms with E-state index in [1.54, 1.807) is 18.2 Å². The largest absolute Gasteiger partial charge is 0.494 e. The highest BCUT2D eigenvalue weighted by atomic mass is 32.2. The molecule has 2 aromatic carbocycles.